The van der Waals surface area contributed by atoms with Crippen LogP contribution in [0, 0.1) is 13.8 Å². The van der Waals surface area contributed by atoms with E-state index in [-0.39, 0.29) is 16.4 Å². The van der Waals surface area contributed by atoms with Crippen molar-refractivity contribution in [3.8, 4) is 0 Å². The van der Waals surface area contributed by atoms with Crippen LogP contribution in [0.25, 0.3) is 0 Å². The second-order valence-corrected chi connectivity index (χ2v) is 8.61. The Hall–Kier alpha value is -2.35. The van der Waals surface area contributed by atoms with Crippen LogP contribution in [0.2, 0.25) is 0 Å². The van der Waals surface area contributed by atoms with Crippen molar-refractivity contribution in [3.63, 3.8) is 0 Å². The molecular formula is C19H26N4O3S. The molecule has 3 rings (SSSR count). The molecule has 0 spiro atoms. The van der Waals surface area contributed by atoms with E-state index in [2.05, 4.69) is 9.71 Å². The van der Waals surface area contributed by atoms with Crippen LogP contribution >= 0.6 is 0 Å². The molecule has 0 bridgehead atoms. The fourth-order valence-electron chi connectivity index (χ4n) is 3.56. The van der Waals surface area contributed by atoms with E-state index in [4.69, 9.17) is 0 Å². The quantitative estimate of drug-likeness (QED) is 0.870. The van der Waals surface area contributed by atoms with Crippen molar-refractivity contribution < 1.29 is 13.2 Å². The summed E-state index contributed by atoms with van der Waals surface area (Å²) in [7, 11) is -2.14. The molecular weight excluding hydrogens is 364 g/mol. The minimum absolute atomic E-state index is 0.0561. The number of nitrogens with one attached hydrogen (secondary N) is 1. The van der Waals surface area contributed by atoms with E-state index >= 15 is 0 Å². The van der Waals surface area contributed by atoms with Gasteiger partial charge in [-0.2, -0.15) is 0 Å². The van der Waals surface area contributed by atoms with Crippen LogP contribution in [0.5, 0.6) is 0 Å². The normalized spacial score (nSPS) is 15.4. The number of nitrogens with zero attached hydrogens (tertiary/aromatic N) is 3. The second kappa shape index (κ2) is 7.72. The van der Waals surface area contributed by atoms with Gasteiger partial charge in [-0.3, -0.25) is 14.5 Å². The van der Waals surface area contributed by atoms with Gasteiger partial charge in [0.15, 0.2) is 0 Å². The average molecular weight is 391 g/mol. The molecule has 1 saturated heterocycles. The fraction of sp³-hybridized carbons (Fsp3) is 0.474. The highest BCUT2D eigenvalue weighted by atomic mass is 32.2. The number of hydrogen-bond acceptors (Lipinski definition) is 4. The van der Waals surface area contributed by atoms with E-state index in [0.717, 1.165) is 25.7 Å². The summed E-state index contributed by atoms with van der Waals surface area (Å²) in [6, 6.07) is 3.29. The van der Waals surface area contributed by atoms with Crippen molar-refractivity contribution in [3.05, 3.63) is 41.5 Å². The summed E-state index contributed by atoms with van der Waals surface area (Å²) in [4.78, 5) is 19.1. The van der Waals surface area contributed by atoms with E-state index in [0.29, 0.717) is 30.2 Å². The van der Waals surface area contributed by atoms with Crippen LogP contribution < -0.4 is 4.72 Å². The Kier molecular flexibility index (Phi) is 5.55. The third kappa shape index (κ3) is 3.85. The zero-order valence-electron chi connectivity index (χ0n) is 16.0. The Morgan fingerprint density at radius 1 is 1.11 bits per heavy atom. The molecule has 27 heavy (non-hydrogen) atoms. The zero-order chi connectivity index (χ0) is 19.6. The van der Waals surface area contributed by atoms with Gasteiger partial charge in [0.2, 0.25) is 0 Å². The molecule has 0 aromatic carbocycles. The van der Waals surface area contributed by atoms with Crippen molar-refractivity contribution in [2.75, 3.05) is 17.8 Å². The van der Waals surface area contributed by atoms with Crippen molar-refractivity contribution in [2.24, 2.45) is 7.05 Å². The molecule has 2 aromatic heterocycles. The van der Waals surface area contributed by atoms with E-state index in [9.17, 15) is 13.2 Å². The van der Waals surface area contributed by atoms with Gasteiger partial charge in [0.05, 0.1) is 17.4 Å². The number of carbonyl (C=O) groups excluding carboxylic acids is 1. The number of aromatic nitrogens is 2. The first-order valence-electron chi connectivity index (χ1n) is 9.21. The summed E-state index contributed by atoms with van der Waals surface area (Å²) in [6.45, 7) is 4.86. The van der Waals surface area contributed by atoms with Crippen molar-refractivity contribution in [2.45, 2.75) is 44.4 Å². The number of carbonyl (C=O) groups is 1. The predicted octanol–water partition coefficient (Wildman–Crippen LogP) is 2.85. The van der Waals surface area contributed by atoms with Gasteiger partial charge in [-0.05, 0) is 38.8 Å². The van der Waals surface area contributed by atoms with Crippen molar-refractivity contribution in [1.82, 2.24) is 14.5 Å². The molecule has 0 unspecified atom stereocenters. The van der Waals surface area contributed by atoms with Gasteiger partial charge < -0.3 is 9.47 Å². The molecule has 2 aromatic rings. The van der Waals surface area contributed by atoms with Crippen LogP contribution in [-0.2, 0) is 17.1 Å². The van der Waals surface area contributed by atoms with Gasteiger partial charge in [0.25, 0.3) is 15.9 Å². The van der Waals surface area contributed by atoms with E-state index < -0.39 is 10.0 Å². The Morgan fingerprint density at radius 3 is 2.37 bits per heavy atom. The van der Waals surface area contributed by atoms with Crippen molar-refractivity contribution in [1.29, 1.82) is 0 Å². The number of likely N-dealkylation sites (tertiary alicyclic amines) is 1. The molecule has 0 atom stereocenters. The van der Waals surface area contributed by atoms with Crippen LogP contribution in [0.4, 0.5) is 5.69 Å². The average Bonchev–Trinajstić information content (AvgIpc) is 2.84. The van der Waals surface area contributed by atoms with Gasteiger partial charge in [-0.25, -0.2) is 8.42 Å². The third-order valence-electron chi connectivity index (χ3n) is 5.21. The standard InChI is InChI=1S/C19H26N4O3S/c1-14-17(19(24)23-11-6-4-5-7-12-23)18(15(2)22(14)3)27(25,26)21-16-9-8-10-20-13-16/h8-10,13,21H,4-7,11-12H2,1-3H3. The van der Waals surface area contributed by atoms with Gasteiger partial charge in [0.1, 0.15) is 4.90 Å². The maximum absolute atomic E-state index is 13.3. The molecule has 1 N–H and O–H groups in total. The summed E-state index contributed by atoms with van der Waals surface area (Å²) < 4.78 is 30.6. The Labute approximate surface area is 160 Å². The van der Waals surface area contributed by atoms with E-state index in [1.165, 1.54) is 6.20 Å². The van der Waals surface area contributed by atoms with E-state index in [1.807, 2.05) is 0 Å². The molecule has 1 aliphatic rings. The molecule has 0 radical (unpaired) electrons. The fourth-order valence-corrected chi connectivity index (χ4v) is 5.12. The van der Waals surface area contributed by atoms with Gasteiger partial charge in [-0.1, -0.05) is 12.8 Å². The summed E-state index contributed by atoms with van der Waals surface area (Å²) in [6.07, 6.45) is 7.12. The lowest BCUT2D eigenvalue weighted by atomic mass is 10.2. The molecule has 8 heteroatoms. The van der Waals surface area contributed by atoms with Crippen molar-refractivity contribution >= 4 is 21.6 Å². The number of amides is 1. The highest BCUT2D eigenvalue weighted by molar-refractivity contribution is 7.92. The van der Waals surface area contributed by atoms with Gasteiger partial charge in [0, 0.05) is 37.7 Å². The molecule has 1 amide bonds. The second-order valence-electron chi connectivity index (χ2n) is 6.99. The predicted molar refractivity (Wildman–Crippen MR) is 104 cm³/mol. The largest absolute Gasteiger partial charge is 0.350 e. The number of sulfonamides is 1. The lowest BCUT2D eigenvalue weighted by molar-refractivity contribution is 0.0757. The molecule has 0 saturated carbocycles. The highest BCUT2D eigenvalue weighted by Crippen LogP contribution is 2.29. The Morgan fingerprint density at radius 2 is 1.78 bits per heavy atom. The smallest absolute Gasteiger partial charge is 0.264 e. The number of pyridine rings is 1. The Bertz CT molecular complexity index is 928. The van der Waals surface area contributed by atoms with Crippen LogP contribution in [-0.4, -0.2) is 41.9 Å². The maximum atomic E-state index is 13.3. The highest BCUT2D eigenvalue weighted by Gasteiger charge is 2.33. The zero-order valence-corrected chi connectivity index (χ0v) is 16.8. The third-order valence-corrected chi connectivity index (χ3v) is 6.75. The first-order chi connectivity index (χ1) is 12.8. The summed E-state index contributed by atoms with van der Waals surface area (Å²) >= 11 is 0. The molecule has 0 aliphatic carbocycles. The minimum Gasteiger partial charge on any atom is -0.350 e. The first-order valence-corrected chi connectivity index (χ1v) is 10.7. The monoisotopic (exact) mass is 390 g/mol. The number of anilines is 1. The summed E-state index contributed by atoms with van der Waals surface area (Å²) in [5.74, 6) is -0.204. The molecule has 1 aliphatic heterocycles. The van der Waals surface area contributed by atoms with Crippen LogP contribution in [0.3, 0.4) is 0 Å². The SMILES string of the molecule is Cc1c(C(=O)N2CCCCCC2)c(S(=O)(=O)Nc2cccnc2)c(C)n1C. The minimum atomic E-state index is -3.93. The summed E-state index contributed by atoms with van der Waals surface area (Å²) in [5, 5.41) is 0. The topological polar surface area (TPSA) is 84.3 Å². The van der Waals surface area contributed by atoms with Crippen LogP contribution in [0.1, 0.15) is 47.4 Å². The molecule has 146 valence electrons. The maximum Gasteiger partial charge on any atom is 0.264 e. The molecule has 7 nitrogen and oxygen atoms in total. The first kappa shape index (κ1) is 19.4. The lowest BCUT2D eigenvalue weighted by Gasteiger charge is -2.21. The lowest BCUT2D eigenvalue weighted by Crippen LogP contribution is -2.33. The Balaban J connectivity index is 2.05. The number of rotatable bonds is 4. The van der Waals surface area contributed by atoms with Crippen LogP contribution in [0.15, 0.2) is 29.4 Å². The van der Waals surface area contributed by atoms with E-state index in [1.54, 1.807) is 48.7 Å². The number of hydrogen-bond donors (Lipinski definition) is 1. The molecule has 1 fully saturated rings. The summed E-state index contributed by atoms with van der Waals surface area (Å²) in [5.41, 5.74) is 1.84. The van der Waals surface area contributed by atoms with Gasteiger partial charge >= 0.3 is 0 Å². The van der Waals surface area contributed by atoms with Gasteiger partial charge in [-0.15, -0.1) is 0 Å². The molecule has 3 heterocycles.